The summed E-state index contributed by atoms with van der Waals surface area (Å²) in [5.41, 5.74) is 2.69. The minimum atomic E-state index is -3.57. The van der Waals surface area contributed by atoms with Crippen LogP contribution in [0.25, 0.3) is 0 Å². The predicted octanol–water partition coefficient (Wildman–Crippen LogP) is 2.58. The molecule has 1 heterocycles. The van der Waals surface area contributed by atoms with Crippen LogP contribution in [-0.2, 0) is 26.7 Å². The molecule has 130 valence electrons. The smallest absolute Gasteiger partial charge is 0.240 e. The van der Waals surface area contributed by atoms with Gasteiger partial charge in [0.05, 0.1) is 4.90 Å². The SMILES string of the molecule is O=C1CCc2cc(S(=O)(=O)NCC3(c4ccccc4)CC3)ccc2N1. The minimum absolute atomic E-state index is 0.0280. The highest BCUT2D eigenvalue weighted by molar-refractivity contribution is 7.89. The third-order valence-corrected chi connectivity index (χ3v) is 6.52. The number of fused-ring (bicyclic) bond motifs is 1. The van der Waals surface area contributed by atoms with E-state index < -0.39 is 10.0 Å². The van der Waals surface area contributed by atoms with E-state index in [1.165, 1.54) is 5.56 Å². The standard InChI is InChI=1S/C19H20N2O3S/c22-18-9-6-14-12-16(7-8-17(14)21-18)25(23,24)20-13-19(10-11-19)15-4-2-1-3-5-15/h1-5,7-8,12,20H,6,9-11,13H2,(H,21,22). The summed E-state index contributed by atoms with van der Waals surface area (Å²) >= 11 is 0. The van der Waals surface area contributed by atoms with Gasteiger partial charge in [0.1, 0.15) is 0 Å². The Hall–Kier alpha value is -2.18. The largest absolute Gasteiger partial charge is 0.326 e. The molecule has 0 saturated heterocycles. The van der Waals surface area contributed by atoms with Gasteiger partial charge in [0.25, 0.3) is 0 Å². The lowest BCUT2D eigenvalue weighted by Gasteiger charge is -2.19. The maximum Gasteiger partial charge on any atom is 0.240 e. The molecular formula is C19H20N2O3S. The number of benzene rings is 2. The second kappa shape index (κ2) is 5.97. The molecule has 4 rings (SSSR count). The van der Waals surface area contributed by atoms with Gasteiger partial charge in [-0.1, -0.05) is 30.3 Å². The molecule has 2 aliphatic rings. The highest BCUT2D eigenvalue weighted by Crippen LogP contribution is 2.47. The fraction of sp³-hybridized carbons (Fsp3) is 0.316. The number of nitrogens with one attached hydrogen (secondary N) is 2. The van der Waals surface area contributed by atoms with E-state index in [-0.39, 0.29) is 16.2 Å². The van der Waals surface area contributed by atoms with Crippen molar-refractivity contribution in [2.24, 2.45) is 0 Å². The second-order valence-electron chi connectivity index (χ2n) is 6.84. The van der Waals surface area contributed by atoms with Gasteiger partial charge in [-0.2, -0.15) is 0 Å². The fourth-order valence-electron chi connectivity index (χ4n) is 3.35. The Bertz CT molecular complexity index is 919. The van der Waals surface area contributed by atoms with E-state index in [0.29, 0.717) is 25.1 Å². The molecule has 0 bridgehead atoms. The normalized spacial score (nSPS) is 18.3. The van der Waals surface area contributed by atoms with Gasteiger partial charge in [-0.15, -0.1) is 0 Å². The lowest BCUT2D eigenvalue weighted by Crippen LogP contribution is -2.32. The van der Waals surface area contributed by atoms with E-state index in [9.17, 15) is 13.2 Å². The zero-order chi connectivity index (χ0) is 17.5. The van der Waals surface area contributed by atoms with Gasteiger partial charge in [0, 0.05) is 24.1 Å². The van der Waals surface area contributed by atoms with Crippen LogP contribution in [-0.4, -0.2) is 20.9 Å². The zero-order valence-corrected chi connectivity index (χ0v) is 14.6. The molecule has 25 heavy (non-hydrogen) atoms. The van der Waals surface area contributed by atoms with Crippen molar-refractivity contribution >= 4 is 21.6 Å². The molecule has 2 aromatic carbocycles. The first-order valence-corrected chi connectivity index (χ1v) is 9.95. The number of hydrogen-bond acceptors (Lipinski definition) is 3. The molecule has 1 aliphatic heterocycles. The lowest BCUT2D eigenvalue weighted by atomic mass is 9.96. The first-order chi connectivity index (χ1) is 12.0. The molecule has 0 radical (unpaired) electrons. The number of amides is 1. The Balaban J connectivity index is 1.52. The van der Waals surface area contributed by atoms with E-state index in [4.69, 9.17) is 0 Å². The molecule has 1 amide bonds. The van der Waals surface area contributed by atoms with Crippen molar-refractivity contribution < 1.29 is 13.2 Å². The van der Waals surface area contributed by atoms with Gasteiger partial charge in [-0.05, 0) is 48.6 Å². The molecule has 1 fully saturated rings. The van der Waals surface area contributed by atoms with Crippen molar-refractivity contribution in [3.63, 3.8) is 0 Å². The van der Waals surface area contributed by atoms with E-state index in [1.807, 2.05) is 18.2 Å². The van der Waals surface area contributed by atoms with Crippen LogP contribution in [0.1, 0.15) is 30.4 Å². The van der Waals surface area contributed by atoms with Crippen LogP contribution >= 0.6 is 0 Å². The summed E-state index contributed by atoms with van der Waals surface area (Å²) in [6, 6.07) is 14.9. The molecule has 0 aromatic heterocycles. The van der Waals surface area contributed by atoms with E-state index in [2.05, 4.69) is 22.2 Å². The molecule has 1 aliphatic carbocycles. The molecule has 2 aromatic rings. The fourth-order valence-corrected chi connectivity index (χ4v) is 4.53. The Morgan fingerprint density at radius 2 is 1.80 bits per heavy atom. The summed E-state index contributed by atoms with van der Waals surface area (Å²) in [5.74, 6) is -0.0280. The average molecular weight is 356 g/mol. The molecule has 6 heteroatoms. The number of rotatable bonds is 5. The van der Waals surface area contributed by atoms with Crippen molar-refractivity contribution in [1.29, 1.82) is 0 Å². The van der Waals surface area contributed by atoms with Crippen LogP contribution in [0.15, 0.2) is 53.4 Å². The maximum absolute atomic E-state index is 12.7. The van der Waals surface area contributed by atoms with Gasteiger partial charge < -0.3 is 5.32 Å². The first kappa shape index (κ1) is 16.3. The summed E-state index contributed by atoms with van der Waals surface area (Å²) < 4.78 is 28.2. The van der Waals surface area contributed by atoms with Crippen molar-refractivity contribution in [3.8, 4) is 0 Å². The van der Waals surface area contributed by atoms with Gasteiger partial charge in [0.15, 0.2) is 0 Å². The van der Waals surface area contributed by atoms with Gasteiger partial charge in [-0.25, -0.2) is 13.1 Å². The molecule has 0 spiro atoms. The first-order valence-electron chi connectivity index (χ1n) is 8.47. The number of sulfonamides is 1. The summed E-state index contributed by atoms with van der Waals surface area (Å²) in [4.78, 5) is 11.7. The second-order valence-corrected chi connectivity index (χ2v) is 8.60. The highest BCUT2D eigenvalue weighted by atomic mass is 32.2. The number of carbonyl (C=O) groups excluding carboxylic acids is 1. The number of aryl methyl sites for hydroxylation is 1. The topological polar surface area (TPSA) is 75.3 Å². The van der Waals surface area contributed by atoms with Crippen LogP contribution in [0.4, 0.5) is 5.69 Å². The predicted molar refractivity (Wildman–Crippen MR) is 95.9 cm³/mol. The molecule has 5 nitrogen and oxygen atoms in total. The van der Waals surface area contributed by atoms with E-state index in [0.717, 1.165) is 18.4 Å². The minimum Gasteiger partial charge on any atom is -0.326 e. The van der Waals surface area contributed by atoms with Gasteiger partial charge in [0.2, 0.25) is 15.9 Å². The van der Waals surface area contributed by atoms with Crippen LogP contribution in [0, 0.1) is 0 Å². The Morgan fingerprint density at radius 1 is 1.04 bits per heavy atom. The highest BCUT2D eigenvalue weighted by Gasteiger charge is 2.44. The third-order valence-electron chi connectivity index (χ3n) is 5.12. The molecular weight excluding hydrogens is 336 g/mol. The molecule has 0 atom stereocenters. The molecule has 2 N–H and O–H groups in total. The Morgan fingerprint density at radius 3 is 2.52 bits per heavy atom. The molecule has 1 saturated carbocycles. The van der Waals surface area contributed by atoms with E-state index in [1.54, 1.807) is 18.2 Å². The average Bonchev–Trinajstić information content (AvgIpc) is 3.42. The summed E-state index contributed by atoms with van der Waals surface area (Å²) in [6.07, 6.45) is 2.95. The number of carbonyl (C=O) groups is 1. The van der Waals surface area contributed by atoms with E-state index >= 15 is 0 Å². The van der Waals surface area contributed by atoms with Crippen molar-refractivity contribution in [3.05, 3.63) is 59.7 Å². The zero-order valence-electron chi connectivity index (χ0n) is 13.8. The van der Waals surface area contributed by atoms with Crippen LogP contribution in [0.5, 0.6) is 0 Å². The summed E-state index contributed by atoms with van der Waals surface area (Å²) in [7, 11) is -3.57. The maximum atomic E-state index is 12.7. The van der Waals surface area contributed by atoms with Gasteiger partial charge >= 0.3 is 0 Å². The van der Waals surface area contributed by atoms with Crippen molar-refractivity contribution in [2.75, 3.05) is 11.9 Å². The Kier molecular flexibility index (Phi) is 3.89. The van der Waals surface area contributed by atoms with Crippen LogP contribution < -0.4 is 10.0 Å². The Labute approximate surface area is 147 Å². The van der Waals surface area contributed by atoms with Gasteiger partial charge in [-0.3, -0.25) is 4.79 Å². The monoisotopic (exact) mass is 356 g/mol. The quantitative estimate of drug-likeness (QED) is 0.865. The van der Waals surface area contributed by atoms with Crippen LogP contribution in [0.2, 0.25) is 0 Å². The number of hydrogen-bond donors (Lipinski definition) is 2. The van der Waals surface area contributed by atoms with Crippen molar-refractivity contribution in [1.82, 2.24) is 4.72 Å². The number of anilines is 1. The van der Waals surface area contributed by atoms with Crippen LogP contribution in [0.3, 0.4) is 0 Å². The van der Waals surface area contributed by atoms with Crippen molar-refractivity contribution in [2.45, 2.75) is 36.0 Å². The summed E-state index contributed by atoms with van der Waals surface area (Å²) in [5, 5.41) is 2.77. The lowest BCUT2D eigenvalue weighted by molar-refractivity contribution is -0.116. The summed E-state index contributed by atoms with van der Waals surface area (Å²) in [6.45, 7) is 0.410. The molecule has 0 unspecified atom stereocenters. The third kappa shape index (κ3) is 3.19.